The minimum atomic E-state index is 0.0424. The highest BCUT2D eigenvalue weighted by atomic mass is 14.5. The zero-order valence-electron chi connectivity index (χ0n) is 28.6. The second-order valence-corrected chi connectivity index (χ2v) is 15.5. The van der Waals surface area contributed by atoms with Crippen LogP contribution in [0.3, 0.4) is 0 Å². The Labute approximate surface area is 297 Å². The lowest BCUT2D eigenvalue weighted by atomic mass is 9.71. The lowest BCUT2D eigenvalue weighted by Crippen LogP contribution is -2.24. The first kappa shape index (κ1) is 28.0. The van der Waals surface area contributed by atoms with E-state index >= 15 is 0 Å². The summed E-state index contributed by atoms with van der Waals surface area (Å²) in [6.45, 7) is 0. The van der Waals surface area contributed by atoms with Crippen molar-refractivity contribution in [1.82, 2.24) is 0 Å². The molecule has 240 valence electrons. The molecule has 0 bridgehead atoms. The molecule has 0 saturated heterocycles. The molecule has 0 N–H and O–H groups in total. The molecule has 0 unspecified atom stereocenters. The van der Waals surface area contributed by atoms with Gasteiger partial charge >= 0.3 is 0 Å². The van der Waals surface area contributed by atoms with Gasteiger partial charge in [0.2, 0.25) is 0 Å². The van der Waals surface area contributed by atoms with Crippen LogP contribution >= 0.6 is 0 Å². The highest BCUT2D eigenvalue weighted by Crippen LogP contribution is 2.57. The molecule has 0 heterocycles. The molecular formula is C51H36. The monoisotopic (exact) mass is 648 g/mol. The lowest BCUT2D eigenvalue weighted by molar-refractivity contribution is 0.456. The summed E-state index contributed by atoms with van der Waals surface area (Å²) in [6, 6.07) is 56.3. The van der Waals surface area contributed by atoms with Gasteiger partial charge in [-0.1, -0.05) is 159 Å². The Bertz CT molecular complexity index is 2790. The zero-order valence-corrected chi connectivity index (χ0v) is 28.6. The molecule has 10 aromatic rings. The van der Waals surface area contributed by atoms with E-state index in [1.165, 1.54) is 137 Å². The predicted molar refractivity (Wildman–Crippen MR) is 219 cm³/mol. The Morgan fingerprint density at radius 2 is 0.686 bits per heavy atom. The maximum Gasteiger partial charge on any atom is 0.0215 e. The van der Waals surface area contributed by atoms with Gasteiger partial charge in [0.05, 0.1) is 0 Å². The normalized spacial score (nSPS) is 15.5. The molecule has 12 rings (SSSR count). The second-order valence-electron chi connectivity index (χ2n) is 15.5. The van der Waals surface area contributed by atoms with Gasteiger partial charge in [-0.15, -0.1) is 0 Å². The van der Waals surface area contributed by atoms with E-state index in [9.17, 15) is 0 Å². The van der Waals surface area contributed by atoms with Crippen LogP contribution in [0.2, 0.25) is 0 Å². The smallest absolute Gasteiger partial charge is 0.0215 e. The first-order valence-electron chi connectivity index (χ1n) is 18.9. The number of benzene rings is 10. The maximum atomic E-state index is 2.60. The molecule has 0 radical (unpaired) electrons. The molecule has 1 saturated carbocycles. The molecule has 1 fully saturated rings. The summed E-state index contributed by atoms with van der Waals surface area (Å²) in [6.07, 6.45) is 7.66. The van der Waals surface area contributed by atoms with Crippen molar-refractivity contribution < 1.29 is 0 Å². The summed E-state index contributed by atoms with van der Waals surface area (Å²) < 4.78 is 0. The third-order valence-electron chi connectivity index (χ3n) is 13.0. The topological polar surface area (TPSA) is 0 Å². The largest absolute Gasteiger partial charge is 0.0610 e. The van der Waals surface area contributed by atoms with Crippen molar-refractivity contribution >= 4 is 64.6 Å². The van der Waals surface area contributed by atoms with Crippen LogP contribution in [0, 0.1) is 0 Å². The van der Waals surface area contributed by atoms with Crippen LogP contribution in [0.1, 0.15) is 49.7 Å². The number of hydrogen-bond acceptors (Lipinski definition) is 0. The standard InChI is InChI=1S/C51H36/c1-2-4-28-51(27-3-1)45-29-37(39-21-15-35-13-11-31-7-5-9-33-17-25-43(39)49(35)47(31)33)19-23-41(45)42-24-20-38(30-46(42)51)40-22-16-36-14-12-32-8-6-10-34-18-26-44(40)50(36)48(32)34/h5-26,29-30H,1-4,27-28H2. The van der Waals surface area contributed by atoms with E-state index in [-0.39, 0.29) is 5.41 Å². The van der Waals surface area contributed by atoms with E-state index in [2.05, 4.69) is 146 Å². The van der Waals surface area contributed by atoms with Crippen molar-refractivity contribution in [2.45, 2.75) is 43.9 Å². The Balaban J connectivity index is 1.06. The Morgan fingerprint density at radius 1 is 0.314 bits per heavy atom. The molecule has 2 aliphatic rings. The molecule has 51 heavy (non-hydrogen) atoms. The van der Waals surface area contributed by atoms with Crippen LogP contribution in [0.5, 0.6) is 0 Å². The Hall–Kier alpha value is -5.72. The summed E-state index contributed by atoms with van der Waals surface area (Å²) in [5.74, 6) is 0. The average molecular weight is 649 g/mol. The predicted octanol–water partition coefficient (Wildman–Crippen LogP) is 14.4. The fourth-order valence-electron chi connectivity index (χ4n) is 10.7. The maximum absolute atomic E-state index is 2.60. The van der Waals surface area contributed by atoms with E-state index < -0.39 is 0 Å². The van der Waals surface area contributed by atoms with Crippen LogP contribution in [-0.2, 0) is 5.41 Å². The summed E-state index contributed by atoms with van der Waals surface area (Å²) in [5.41, 5.74) is 11.4. The van der Waals surface area contributed by atoms with E-state index in [1.807, 2.05) is 0 Å². The second kappa shape index (κ2) is 10.2. The molecule has 0 nitrogen and oxygen atoms in total. The highest BCUT2D eigenvalue weighted by Gasteiger charge is 2.43. The van der Waals surface area contributed by atoms with Crippen LogP contribution in [-0.4, -0.2) is 0 Å². The van der Waals surface area contributed by atoms with Gasteiger partial charge in [-0.3, -0.25) is 0 Å². The van der Waals surface area contributed by atoms with Crippen LogP contribution in [0.15, 0.2) is 146 Å². The molecule has 0 atom stereocenters. The number of rotatable bonds is 2. The van der Waals surface area contributed by atoms with Gasteiger partial charge in [0, 0.05) is 5.41 Å². The van der Waals surface area contributed by atoms with Crippen LogP contribution in [0.4, 0.5) is 0 Å². The van der Waals surface area contributed by atoms with Gasteiger partial charge in [0.1, 0.15) is 0 Å². The fourth-order valence-corrected chi connectivity index (χ4v) is 10.7. The lowest BCUT2D eigenvalue weighted by Gasteiger charge is -2.32. The summed E-state index contributed by atoms with van der Waals surface area (Å²) >= 11 is 0. The van der Waals surface area contributed by atoms with Gasteiger partial charge in [-0.25, -0.2) is 0 Å². The molecule has 0 aliphatic heterocycles. The SMILES string of the molecule is c1cc2ccc3ccc(-c4ccc5c(c4)C4(CCCCCC4)c4cc(-c6ccc7ccc8cccc9ccc6c7c89)ccc4-5)c4ccc(c1)c2c34. The summed E-state index contributed by atoms with van der Waals surface area (Å²) in [4.78, 5) is 0. The molecule has 0 amide bonds. The summed E-state index contributed by atoms with van der Waals surface area (Å²) in [5, 5.41) is 16.2. The number of fused-ring (bicyclic) bond motifs is 5. The van der Waals surface area contributed by atoms with Crippen molar-refractivity contribution in [2.24, 2.45) is 0 Å². The van der Waals surface area contributed by atoms with Gasteiger partial charge in [-0.05, 0) is 134 Å². The molecular weight excluding hydrogens is 613 g/mol. The van der Waals surface area contributed by atoms with Gasteiger partial charge < -0.3 is 0 Å². The van der Waals surface area contributed by atoms with Gasteiger partial charge in [0.25, 0.3) is 0 Å². The van der Waals surface area contributed by atoms with Crippen molar-refractivity contribution in [3.63, 3.8) is 0 Å². The van der Waals surface area contributed by atoms with Crippen molar-refractivity contribution in [1.29, 1.82) is 0 Å². The molecule has 0 aromatic heterocycles. The van der Waals surface area contributed by atoms with E-state index in [1.54, 1.807) is 11.1 Å². The van der Waals surface area contributed by atoms with E-state index in [0.717, 1.165) is 0 Å². The van der Waals surface area contributed by atoms with Gasteiger partial charge in [-0.2, -0.15) is 0 Å². The average Bonchev–Trinajstić information content (AvgIpc) is 3.29. The third-order valence-corrected chi connectivity index (χ3v) is 13.0. The molecule has 0 heteroatoms. The highest BCUT2D eigenvalue weighted by molar-refractivity contribution is 6.26. The van der Waals surface area contributed by atoms with E-state index in [0.29, 0.717) is 0 Å². The number of hydrogen-bond donors (Lipinski definition) is 0. The Morgan fingerprint density at radius 3 is 1.14 bits per heavy atom. The molecule has 10 aromatic carbocycles. The zero-order chi connectivity index (χ0) is 33.3. The quantitative estimate of drug-likeness (QED) is 0.164. The minimum absolute atomic E-state index is 0.0424. The summed E-state index contributed by atoms with van der Waals surface area (Å²) in [7, 11) is 0. The van der Waals surface area contributed by atoms with Crippen molar-refractivity contribution in [3.05, 3.63) is 157 Å². The van der Waals surface area contributed by atoms with E-state index in [4.69, 9.17) is 0 Å². The minimum Gasteiger partial charge on any atom is -0.0610 e. The Kier molecular flexibility index (Phi) is 5.59. The third kappa shape index (κ3) is 3.75. The van der Waals surface area contributed by atoms with Crippen LogP contribution < -0.4 is 0 Å². The van der Waals surface area contributed by atoms with Crippen molar-refractivity contribution in [2.75, 3.05) is 0 Å². The molecule has 2 aliphatic carbocycles. The fraction of sp³-hybridized carbons (Fsp3) is 0.137. The molecule has 1 spiro atoms. The first-order valence-corrected chi connectivity index (χ1v) is 18.9. The first-order chi connectivity index (χ1) is 25.2. The van der Waals surface area contributed by atoms with Crippen molar-refractivity contribution in [3.8, 4) is 33.4 Å². The van der Waals surface area contributed by atoms with Gasteiger partial charge in [0.15, 0.2) is 0 Å². The van der Waals surface area contributed by atoms with Crippen LogP contribution in [0.25, 0.3) is 98.0 Å².